The largest absolute Gasteiger partial charge is 0.494 e. The van der Waals surface area contributed by atoms with E-state index in [-0.39, 0.29) is 5.82 Å². The van der Waals surface area contributed by atoms with Crippen molar-refractivity contribution in [3.63, 3.8) is 0 Å². The van der Waals surface area contributed by atoms with Crippen LogP contribution in [-0.4, -0.2) is 20.2 Å². The van der Waals surface area contributed by atoms with Gasteiger partial charge in [-0.2, -0.15) is 0 Å². The van der Waals surface area contributed by atoms with E-state index in [4.69, 9.17) is 4.74 Å². The van der Waals surface area contributed by atoms with Gasteiger partial charge in [-0.25, -0.2) is 4.39 Å². The van der Waals surface area contributed by atoms with E-state index in [2.05, 4.69) is 21.2 Å². The molecule has 0 aliphatic heterocycles. The maximum absolute atomic E-state index is 12.9. The lowest BCUT2D eigenvalue weighted by Gasteiger charge is -2.06. The highest BCUT2D eigenvalue weighted by atomic mass is 79.9. The zero-order valence-corrected chi connectivity index (χ0v) is 11.0. The second kappa shape index (κ2) is 7.63. The summed E-state index contributed by atoms with van der Waals surface area (Å²) in [6.07, 6.45) is 3.33. The van der Waals surface area contributed by atoms with E-state index in [0.29, 0.717) is 16.8 Å². The van der Waals surface area contributed by atoms with Gasteiger partial charge in [0, 0.05) is 0 Å². The van der Waals surface area contributed by atoms with Crippen molar-refractivity contribution in [2.75, 3.05) is 20.2 Å². The van der Waals surface area contributed by atoms with Gasteiger partial charge in [0.15, 0.2) is 0 Å². The molecule has 2 nitrogen and oxygen atoms in total. The summed E-state index contributed by atoms with van der Waals surface area (Å²) in [5, 5.41) is 3.10. The monoisotopic (exact) mass is 289 g/mol. The smallest absolute Gasteiger partial charge is 0.137 e. The second-order valence-electron chi connectivity index (χ2n) is 3.59. The Bertz CT molecular complexity index is 320. The van der Waals surface area contributed by atoms with Crippen LogP contribution in [0.5, 0.6) is 5.75 Å². The van der Waals surface area contributed by atoms with E-state index in [1.807, 2.05) is 7.05 Å². The van der Waals surface area contributed by atoms with Gasteiger partial charge < -0.3 is 10.1 Å². The average Bonchev–Trinajstić information content (AvgIpc) is 2.28. The van der Waals surface area contributed by atoms with E-state index in [9.17, 15) is 4.39 Å². The van der Waals surface area contributed by atoms with Crippen molar-refractivity contribution in [1.82, 2.24) is 5.32 Å². The summed E-state index contributed by atoms with van der Waals surface area (Å²) >= 11 is 3.13. The van der Waals surface area contributed by atoms with E-state index in [1.165, 1.54) is 6.07 Å². The van der Waals surface area contributed by atoms with E-state index in [0.717, 1.165) is 25.8 Å². The first-order valence-corrected chi connectivity index (χ1v) is 6.26. The molecule has 1 aromatic carbocycles. The molecule has 0 atom stereocenters. The number of hydrogen-bond donors (Lipinski definition) is 1. The van der Waals surface area contributed by atoms with Gasteiger partial charge >= 0.3 is 0 Å². The molecule has 1 aromatic rings. The minimum atomic E-state index is -0.263. The molecule has 0 aromatic heterocycles. The zero-order chi connectivity index (χ0) is 11.8. The van der Waals surface area contributed by atoms with Crippen molar-refractivity contribution in [2.45, 2.75) is 19.3 Å². The fourth-order valence-electron chi connectivity index (χ4n) is 1.34. The standard InChI is InChI=1S/C12H17BrFNO/c1-15-7-3-2-4-8-16-10-5-6-12(14)11(13)9-10/h5-6,9,15H,2-4,7-8H2,1H3. The SMILES string of the molecule is CNCCCCCOc1ccc(F)c(Br)c1. The van der Waals surface area contributed by atoms with Crippen molar-refractivity contribution in [1.29, 1.82) is 0 Å². The molecule has 0 heterocycles. The summed E-state index contributed by atoms with van der Waals surface area (Å²) in [7, 11) is 1.95. The number of halogens is 2. The Labute approximate surface area is 104 Å². The minimum Gasteiger partial charge on any atom is -0.494 e. The van der Waals surface area contributed by atoms with Gasteiger partial charge in [-0.15, -0.1) is 0 Å². The molecule has 0 saturated carbocycles. The van der Waals surface area contributed by atoms with Gasteiger partial charge in [-0.05, 0) is 67.0 Å². The highest BCUT2D eigenvalue weighted by Crippen LogP contribution is 2.21. The number of nitrogens with one attached hydrogen (secondary N) is 1. The molecule has 4 heteroatoms. The Morgan fingerprint density at radius 2 is 2.12 bits per heavy atom. The third-order valence-electron chi connectivity index (χ3n) is 2.23. The Balaban J connectivity index is 2.19. The van der Waals surface area contributed by atoms with E-state index >= 15 is 0 Å². The average molecular weight is 290 g/mol. The summed E-state index contributed by atoms with van der Waals surface area (Å²) in [4.78, 5) is 0. The molecule has 0 radical (unpaired) electrons. The Morgan fingerprint density at radius 1 is 1.31 bits per heavy atom. The summed E-state index contributed by atoms with van der Waals surface area (Å²) in [5.41, 5.74) is 0. The van der Waals surface area contributed by atoms with Gasteiger partial charge in [0.2, 0.25) is 0 Å². The first-order chi connectivity index (χ1) is 7.74. The Hall–Kier alpha value is -0.610. The fraction of sp³-hybridized carbons (Fsp3) is 0.500. The van der Waals surface area contributed by atoms with Crippen LogP contribution in [0, 0.1) is 5.82 Å². The zero-order valence-electron chi connectivity index (χ0n) is 9.43. The van der Waals surface area contributed by atoms with Crippen molar-refractivity contribution < 1.29 is 9.13 Å². The first kappa shape index (κ1) is 13.5. The van der Waals surface area contributed by atoms with Crippen LogP contribution in [0.15, 0.2) is 22.7 Å². The molecule has 0 saturated heterocycles. The molecule has 0 aliphatic carbocycles. The number of unbranched alkanes of at least 4 members (excludes halogenated alkanes) is 2. The molecule has 0 unspecified atom stereocenters. The highest BCUT2D eigenvalue weighted by Gasteiger charge is 2.00. The van der Waals surface area contributed by atoms with Gasteiger partial charge in [0.1, 0.15) is 11.6 Å². The van der Waals surface area contributed by atoms with Crippen LogP contribution in [0.25, 0.3) is 0 Å². The van der Waals surface area contributed by atoms with E-state index in [1.54, 1.807) is 12.1 Å². The van der Waals surface area contributed by atoms with E-state index < -0.39 is 0 Å². The lowest BCUT2D eigenvalue weighted by Crippen LogP contribution is -2.07. The lowest BCUT2D eigenvalue weighted by molar-refractivity contribution is 0.304. The van der Waals surface area contributed by atoms with Crippen LogP contribution in [0.1, 0.15) is 19.3 Å². The predicted molar refractivity (Wildman–Crippen MR) is 67.4 cm³/mol. The summed E-state index contributed by atoms with van der Waals surface area (Å²) < 4.78 is 18.9. The maximum atomic E-state index is 12.9. The van der Waals surface area contributed by atoms with Crippen molar-refractivity contribution in [2.24, 2.45) is 0 Å². The van der Waals surface area contributed by atoms with Crippen LogP contribution in [0.2, 0.25) is 0 Å². The molecule has 1 N–H and O–H groups in total. The van der Waals surface area contributed by atoms with Crippen LogP contribution in [-0.2, 0) is 0 Å². The van der Waals surface area contributed by atoms with Crippen LogP contribution in [0.4, 0.5) is 4.39 Å². The van der Waals surface area contributed by atoms with Crippen molar-refractivity contribution in [3.05, 3.63) is 28.5 Å². The normalized spacial score (nSPS) is 10.4. The number of hydrogen-bond acceptors (Lipinski definition) is 2. The molecule has 1 rings (SSSR count). The molecule has 0 fully saturated rings. The second-order valence-corrected chi connectivity index (χ2v) is 4.44. The van der Waals surface area contributed by atoms with Gasteiger partial charge in [-0.1, -0.05) is 0 Å². The highest BCUT2D eigenvalue weighted by molar-refractivity contribution is 9.10. The fourth-order valence-corrected chi connectivity index (χ4v) is 1.70. The molecule has 0 aliphatic rings. The third kappa shape index (κ3) is 4.94. The molecular formula is C12H17BrFNO. The van der Waals surface area contributed by atoms with Crippen LogP contribution in [0.3, 0.4) is 0 Å². The molecule has 0 bridgehead atoms. The number of ether oxygens (including phenoxy) is 1. The quantitative estimate of drug-likeness (QED) is 0.777. The van der Waals surface area contributed by atoms with Gasteiger partial charge in [0.25, 0.3) is 0 Å². The first-order valence-electron chi connectivity index (χ1n) is 5.46. The predicted octanol–water partition coefficient (Wildman–Crippen LogP) is 3.36. The summed E-state index contributed by atoms with van der Waals surface area (Å²) in [6, 6.07) is 4.71. The van der Waals surface area contributed by atoms with Crippen molar-refractivity contribution >= 4 is 15.9 Å². The van der Waals surface area contributed by atoms with Gasteiger partial charge in [0.05, 0.1) is 11.1 Å². The molecule has 0 amide bonds. The minimum absolute atomic E-state index is 0.263. The Morgan fingerprint density at radius 3 is 2.81 bits per heavy atom. The van der Waals surface area contributed by atoms with Crippen molar-refractivity contribution in [3.8, 4) is 5.75 Å². The molecule has 0 spiro atoms. The third-order valence-corrected chi connectivity index (χ3v) is 2.84. The lowest BCUT2D eigenvalue weighted by atomic mass is 10.2. The van der Waals surface area contributed by atoms with Gasteiger partial charge in [-0.3, -0.25) is 0 Å². The maximum Gasteiger partial charge on any atom is 0.137 e. The summed E-state index contributed by atoms with van der Waals surface area (Å²) in [5.74, 6) is 0.447. The molecule has 16 heavy (non-hydrogen) atoms. The summed E-state index contributed by atoms with van der Waals surface area (Å²) in [6.45, 7) is 1.73. The molecule has 90 valence electrons. The van der Waals surface area contributed by atoms with Crippen LogP contribution >= 0.6 is 15.9 Å². The number of benzene rings is 1. The van der Waals surface area contributed by atoms with Crippen LogP contribution < -0.4 is 10.1 Å². The molecular weight excluding hydrogens is 273 g/mol. The number of rotatable bonds is 7. The topological polar surface area (TPSA) is 21.3 Å². The Kier molecular flexibility index (Phi) is 6.42.